The second-order valence-electron chi connectivity index (χ2n) is 5.96. The van der Waals surface area contributed by atoms with Gasteiger partial charge in [0.15, 0.2) is 11.3 Å². The Kier molecular flexibility index (Phi) is 4.26. The fourth-order valence-corrected chi connectivity index (χ4v) is 3.07. The van der Waals surface area contributed by atoms with Crippen molar-refractivity contribution in [1.82, 2.24) is 9.55 Å². The topological polar surface area (TPSA) is 107 Å². The van der Waals surface area contributed by atoms with Crippen LogP contribution in [0, 0.1) is 11.3 Å². The second kappa shape index (κ2) is 6.76. The molecule has 0 saturated heterocycles. The Labute approximate surface area is 164 Å². The van der Waals surface area contributed by atoms with Crippen LogP contribution in [-0.4, -0.2) is 22.6 Å². The highest BCUT2D eigenvalue weighted by Crippen LogP contribution is 2.29. The molecule has 8 heteroatoms. The summed E-state index contributed by atoms with van der Waals surface area (Å²) in [6, 6.07) is 14.3. The lowest BCUT2D eigenvalue weighted by Crippen LogP contribution is -2.11. The monoisotopic (exact) mass is 392 g/mol. The van der Waals surface area contributed by atoms with E-state index in [1.165, 1.54) is 17.9 Å². The van der Waals surface area contributed by atoms with Crippen LogP contribution in [-0.2, 0) is 4.74 Å². The molecule has 0 aliphatic rings. The summed E-state index contributed by atoms with van der Waals surface area (Å²) < 4.78 is 12.1. The van der Waals surface area contributed by atoms with Crippen molar-refractivity contribution in [3.8, 4) is 23.2 Å². The van der Waals surface area contributed by atoms with Crippen LogP contribution < -0.4 is 5.73 Å². The molecule has 138 valence electrons. The first-order valence-corrected chi connectivity index (χ1v) is 8.55. The number of carbonyl (C=O) groups is 1. The fourth-order valence-electron chi connectivity index (χ4n) is 2.91. The van der Waals surface area contributed by atoms with Crippen LogP contribution in [0.15, 0.2) is 53.1 Å². The van der Waals surface area contributed by atoms with Crippen molar-refractivity contribution in [1.29, 1.82) is 5.26 Å². The van der Waals surface area contributed by atoms with E-state index in [9.17, 15) is 10.1 Å². The maximum Gasteiger partial charge on any atom is 0.357 e. The van der Waals surface area contributed by atoms with Crippen LogP contribution in [0.2, 0.25) is 5.02 Å². The minimum absolute atomic E-state index is 0.0780. The van der Waals surface area contributed by atoms with Crippen molar-refractivity contribution in [3.63, 3.8) is 0 Å². The van der Waals surface area contributed by atoms with Gasteiger partial charge in [0.1, 0.15) is 11.6 Å². The predicted octanol–water partition coefficient (Wildman–Crippen LogP) is 4.18. The third-order valence-corrected chi connectivity index (χ3v) is 4.52. The molecule has 2 N–H and O–H groups in total. The Hall–Kier alpha value is -3.76. The summed E-state index contributed by atoms with van der Waals surface area (Å²) in [7, 11) is 1.26. The number of nitrogens with zero attached hydrogens (tertiary/aromatic N) is 3. The van der Waals surface area contributed by atoms with Crippen LogP contribution >= 0.6 is 11.6 Å². The van der Waals surface area contributed by atoms with Crippen molar-refractivity contribution in [3.05, 3.63) is 64.9 Å². The molecular formula is C20H13ClN4O3. The summed E-state index contributed by atoms with van der Waals surface area (Å²) in [4.78, 5) is 16.5. The zero-order valence-electron chi connectivity index (χ0n) is 14.6. The van der Waals surface area contributed by atoms with E-state index in [0.717, 1.165) is 5.56 Å². The van der Waals surface area contributed by atoms with Crippen LogP contribution in [0.25, 0.3) is 28.2 Å². The van der Waals surface area contributed by atoms with E-state index in [-0.39, 0.29) is 16.9 Å². The van der Waals surface area contributed by atoms with Gasteiger partial charge in [-0.15, -0.1) is 0 Å². The molecule has 2 aromatic carbocycles. The number of esters is 1. The number of nitriles is 1. The molecule has 0 aliphatic heterocycles. The van der Waals surface area contributed by atoms with Gasteiger partial charge in [-0.25, -0.2) is 9.78 Å². The van der Waals surface area contributed by atoms with Gasteiger partial charge in [-0.3, -0.25) is 0 Å². The van der Waals surface area contributed by atoms with Gasteiger partial charge in [-0.05, 0) is 42.5 Å². The molecule has 0 aliphatic carbocycles. The van der Waals surface area contributed by atoms with Gasteiger partial charge in [0.05, 0.1) is 18.4 Å². The molecule has 0 saturated carbocycles. The van der Waals surface area contributed by atoms with Crippen molar-refractivity contribution < 1.29 is 13.9 Å². The smallest absolute Gasteiger partial charge is 0.357 e. The number of nitrogens with two attached hydrogens (primary N) is 1. The Morgan fingerprint density at radius 2 is 2.04 bits per heavy atom. The molecule has 0 amide bonds. The highest BCUT2D eigenvalue weighted by molar-refractivity contribution is 6.31. The van der Waals surface area contributed by atoms with E-state index in [1.807, 2.05) is 6.07 Å². The lowest BCUT2D eigenvalue weighted by molar-refractivity contribution is 0.0593. The molecule has 0 bridgehead atoms. The van der Waals surface area contributed by atoms with Crippen molar-refractivity contribution in [2.75, 3.05) is 12.8 Å². The second-order valence-corrected chi connectivity index (χ2v) is 6.39. The van der Waals surface area contributed by atoms with Crippen molar-refractivity contribution in [2.45, 2.75) is 0 Å². The number of hydrogen-bond donors (Lipinski definition) is 1. The van der Waals surface area contributed by atoms with E-state index in [4.69, 9.17) is 26.5 Å². The minimum Gasteiger partial charge on any atom is -0.464 e. The summed E-state index contributed by atoms with van der Waals surface area (Å²) in [5, 5.41) is 9.79. The summed E-state index contributed by atoms with van der Waals surface area (Å²) in [5.41, 5.74) is 8.98. The third-order valence-electron chi connectivity index (χ3n) is 4.29. The Balaban J connectivity index is 1.76. The van der Waals surface area contributed by atoms with Gasteiger partial charge >= 0.3 is 5.97 Å². The number of ether oxygens (including phenoxy) is 1. The molecule has 4 aromatic rings. The lowest BCUT2D eigenvalue weighted by atomic mass is 10.2. The number of benzene rings is 2. The number of carbonyl (C=O) groups excluding carboxylic acids is 1. The summed E-state index contributed by atoms with van der Waals surface area (Å²) in [6.07, 6.45) is 1.50. The number of anilines is 1. The number of oxazole rings is 1. The largest absolute Gasteiger partial charge is 0.464 e. The average Bonchev–Trinajstić information content (AvgIpc) is 3.28. The first-order valence-electron chi connectivity index (χ1n) is 8.18. The Morgan fingerprint density at radius 1 is 1.29 bits per heavy atom. The van der Waals surface area contributed by atoms with E-state index >= 15 is 0 Å². The molecule has 0 radical (unpaired) electrons. The molecule has 0 atom stereocenters. The van der Waals surface area contributed by atoms with E-state index in [0.29, 0.717) is 27.7 Å². The first-order chi connectivity index (χ1) is 13.5. The van der Waals surface area contributed by atoms with Gasteiger partial charge in [0.2, 0.25) is 5.89 Å². The average molecular weight is 393 g/mol. The number of nitrogen functional groups attached to an aromatic ring is 1. The molecule has 2 aromatic heterocycles. The zero-order chi connectivity index (χ0) is 19.8. The number of rotatable bonds is 3. The van der Waals surface area contributed by atoms with Crippen LogP contribution in [0.5, 0.6) is 0 Å². The number of fused-ring (bicyclic) bond motifs is 1. The van der Waals surface area contributed by atoms with E-state index in [2.05, 4.69) is 4.98 Å². The molecule has 28 heavy (non-hydrogen) atoms. The van der Waals surface area contributed by atoms with Crippen molar-refractivity contribution >= 4 is 34.4 Å². The highest BCUT2D eigenvalue weighted by Gasteiger charge is 2.21. The van der Waals surface area contributed by atoms with Gasteiger partial charge < -0.3 is 19.5 Å². The Bertz CT molecular complexity index is 1250. The number of halogens is 1. The third kappa shape index (κ3) is 2.86. The van der Waals surface area contributed by atoms with Crippen molar-refractivity contribution in [2.24, 2.45) is 0 Å². The van der Waals surface area contributed by atoms with E-state index in [1.54, 1.807) is 42.5 Å². The quantitative estimate of drug-likeness (QED) is 0.524. The SMILES string of the molecule is COC(=O)c1c(N)c(C#N)cn1-c1ccc(-c2nc3cc(Cl)ccc3o2)cc1. The first kappa shape index (κ1) is 17.6. The van der Waals surface area contributed by atoms with Gasteiger partial charge in [-0.2, -0.15) is 5.26 Å². The predicted molar refractivity (Wildman–Crippen MR) is 104 cm³/mol. The maximum absolute atomic E-state index is 12.1. The van der Waals surface area contributed by atoms with Crippen LogP contribution in [0.3, 0.4) is 0 Å². The van der Waals surface area contributed by atoms with Crippen LogP contribution in [0.4, 0.5) is 5.69 Å². The lowest BCUT2D eigenvalue weighted by Gasteiger charge is -2.08. The molecule has 7 nitrogen and oxygen atoms in total. The maximum atomic E-state index is 12.1. The van der Waals surface area contributed by atoms with E-state index < -0.39 is 5.97 Å². The molecule has 0 unspecified atom stereocenters. The normalized spacial score (nSPS) is 10.8. The minimum atomic E-state index is -0.626. The standard InChI is InChI=1S/C20H13ClN4O3/c1-27-20(26)18-17(23)12(9-22)10-25(18)14-5-2-11(3-6-14)19-24-15-8-13(21)4-7-16(15)28-19/h2-8,10H,23H2,1H3. The number of hydrogen-bond acceptors (Lipinski definition) is 6. The fraction of sp³-hybridized carbons (Fsp3) is 0.0500. The summed E-state index contributed by atoms with van der Waals surface area (Å²) in [5.74, 6) is -0.180. The molecule has 2 heterocycles. The Morgan fingerprint density at radius 3 is 2.71 bits per heavy atom. The molecular weight excluding hydrogens is 380 g/mol. The van der Waals surface area contributed by atoms with Crippen LogP contribution in [0.1, 0.15) is 16.1 Å². The number of methoxy groups -OCH3 is 1. The zero-order valence-corrected chi connectivity index (χ0v) is 15.4. The summed E-state index contributed by atoms with van der Waals surface area (Å²) in [6.45, 7) is 0. The molecule has 0 spiro atoms. The van der Waals surface area contributed by atoms with Gasteiger partial charge in [-0.1, -0.05) is 11.6 Å². The molecule has 4 rings (SSSR count). The summed E-state index contributed by atoms with van der Waals surface area (Å²) >= 11 is 5.99. The highest BCUT2D eigenvalue weighted by atomic mass is 35.5. The van der Waals surface area contributed by atoms with Gasteiger partial charge in [0.25, 0.3) is 0 Å². The van der Waals surface area contributed by atoms with Gasteiger partial charge in [0, 0.05) is 22.5 Å². The molecule has 0 fully saturated rings. The number of aromatic nitrogens is 2.